The van der Waals surface area contributed by atoms with Crippen LogP contribution in [0.2, 0.25) is 0 Å². The molecule has 4 heterocycles. The standard InChI is InChI=1S/C22H26N6O3/c29-22-16(10-14-11-18-19(31-13-30-18)12-17(14)23-22)20(27-8-4-1-5-9-27)21-24-25-26-28(21)15-6-2-3-7-15/h10-12,15,20H,1-9,13H2,(H,23,29)/p+1/t20-/m1/s1. The van der Waals surface area contributed by atoms with E-state index in [9.17, 15) is 4.79 Å². The Morgan fingerprint density at radius 2 is 1.81 bits per heavy atom. The first-order valence-electron chi connectivity index (χ1n) is 11.4. The number of nitrogens with one attached hydrogen (secondary N) is 2. The summed E-state index contributed by atoms with van der Waals surface area (Å²) >= 11 is 0. The minimum absolute atomic E-state index is 0.0876. The number of pyridine rings is 1. The first-order valence-corrected chi connectivity index (χ1v) is 11.4. The third-order valence-electron chi connectivity index (χ3n) is 7.03. The van der Waals surface area contributed by atoms with Crippen molar-refractivity contribution in [1.29, 1.82) is 0 Å². The van der Waals surface area contributed by atoms with Crippen LogP contribution in [0.1, 0.15) is 68.4 Å². The zero-order valence-electron chi connectivity index (χ0n) is 17.5. The van der Waals surface area contributed by atoms with Gasteiger partial charge in [-0.05, 0) is 54.7 Å². The molecule has 6 rings (SSSR count). The number of hydrogen-bond donors (Lipinski definition) is 2. The first kappa shape index (κ1) is 18.8. The molecule has 1 saturated carbocycles. The molecule has 0 unspecified atom stereocenters. The number of aromatic nitrogens is 5. The quantitative estimate of drug-likeness (QED) is 0.660. The number of hydrogen-bond acceptors (Lipinski definition) is 6. The van der Waals surface area contributed by atoms with Crippen LogP contribution in [0.4, 0.5) is 0 Å². The second-order valence-corrected chi connectivity index (χ2v) is 8.92. The second-order valence-electron chi connectivity index (χ2n) is 8.92. The molecule has 1 saturated heterocycles. The number of likely N-dealkylation sites (tertiary alicyclic amines) is 1. The van der Waals surface area contributed by atoms with Crippen LogP contribution < -0.4 is 19.9 Å². The van der Waals surface area contributed by atoms with Gasteiger partial charge in [-0.1, -0.05) is 12.8 Å². The van der Waals surface area contributed by atoms with Crippen LogP contribution in [0, 0.1) is 0 Å². The van der Waals surface area contributed by atoms with E-state index in [1.165, 1.54) is 24.2 Å². The lowest BCUT2D eigenvalue weighted by atomic mass is 10.00. The minimum atomic E-state index is -0.186. The Kier molecular flexibility index (Phi) is 4.63. The van der Waals surface area contributed by atoms with E-state index in [1.54, 1.807) is 0 Å². The summed E-state index contributed by atoms with van der Waals surface area (Å²) in [5.74, 6) is 2.19. The van der Waals surface area contributed by atoms with Gasteiger partial charge in [0.05, 0.1) is 30.2 Å². The monoisotopic (exact) mass is 423 g/mol. The molecule has 2 aliphatic heterocycles. The minimum Gasteiger partial charge on any atom is -0.454 e. The van der Waals surface area contributed by atoms with E-state index in [0.717, 1.165) is 61.1 Å². The van der Waals surface area contributed by atoms with E-state index in [0.29, 0.717) is 17.5 Å². The highest BCUT2D eigenvalue weighted by Gasteiger charge is 2.36. The second kappa shape index (κ2) is 7.64. The number of benzene rings is 1. The normalized spacial score (nSPS) is 20.5. The van der Waals surface area contributed by atoms with Crippen molar-refractivity contribution >= 4 is 10.9 Å². The summed E-state index contributed by atoms with van der Waals surface area (Å²) in [5, 5.41) is 13.8. The van der Waals surface area contributed by atoms with Gasteiger partial charge in [-0.15, -0.1) is 5.10 Å². The Hall–Kier alpha value is -2.94. The van der Waals surface area contributed by atoms with Gasteiger partial charge < -0.3 is 19.4 Å². The number of H-pyrrole nitrogens is 1. The number of ether oxygens (including phenoxy) is 2. The molecule has 2 aromatic heterocycles. The number of tetrazole rings is 1. The van der Waals surface area contributed by atoms with Crippen molar-refractivity contribution in [3.8, 4) is 11.5 Å². The SMILES string of the molecule is O=c1[nH]c2cc3c(cc2cc1[C@H](c1nnnn1C1CCCC1)[NH+]1CCCCC1)OCO3. The van der Waals surface area contributed by atoms with E-state index in [2.05, 4.69) is 20.5 Å². The van der Waals surface area contributed by atoms with Gasteiger partial charge in [-0.2, -0.15) is 0 Å². The summed E-state index contributed by atoms with van der Waals surface area (Å²) in [7, 11) is 0. The highest BCUT2D eigenvalue weighted by Crippen LogP contribution is 2.36. The molecule has 0 amide bonds. The van der Waals surface area contributed by atoms with Crippen molar-refractivity contribution in [3.05, 3.63) is 39.9 Å². The lowest BCUT2D eigenvalue weighted by Gasteiger charge is -2.31. The van der Waals surface area contributed by atoms with Crippen LogP contribution in [0.5, 0.6) is 11.5 Å². The van der Waals surface area contributed by atoms with E-state index in [1.807, 2.05) is 22.9 Å². The van der Waals surface area contributed by atoms with Gasteiger partial charge in [0.2, 0.25) is 12.6 Å². The topological polar surface area (TPSA) is 99.4 Å². The number of aromatic amines is 1. The highest BCUT2D eigenvalue weighted by atomic mass is 16.7. The molecule has 1 aliphatic carbocycles. The Morgan fingerprint density at radius 3 is 2.61 bits per heavy atom. The molecular formula is C22H27N6O3+. The molecule has 0 bridgehead atoms. The largest absolute Gasteiger partial charge is 0.454 e. The van der Waals surface area contributed by atoms with Crippen molar-refractivity contribution in [2.75, 3.05) is 19.9 Å². The summed E-state index contributed by atoms with van der Waals surface area (Å²) < 4.78 is 13.0. The fourth-order valence-corrected chi connectivity index (χ4v) is 5.46. The molecule has 9 nitrogen and oxygen atoms in total. The maximum Gasteiger partial charge on any atom is 0.258 e. The first-order chi connectivity index (χ1) is 15.3. The summed E-state index contributed by atoms with van der Waals surface area (Å²) in [4.78, 5) is 17.8. The van der Waals surface area contributed by atoms with Crippen LogP contribution in [0.15, 0.2) is 23.0 Å². The zero-order chi connectivity index (χ0) is 20.8. The lowest BCUT2D eigenvalue weighted by Crippen LogP contribution is -3.13. The lowest BCUT2D eigenvalue weighted by molar-refractivity contribution is -0.931. The fourth-order valence-electron chi connectivity index (χ4n) is 5.46. The molecule has 162 valence electrons. The van der Waals surface area contributed by atoms with E-state index < -0.39 is 0 Å². The van der Waals surface area contributed by atoms with Crippen LogP contribution in [-0.2, 0) is 0 Å². The Morgan fingerprint density at radius 1 is 1.03 bits per heavy atom. The van der Waals surface area contributed by atoms with E-state index >= 15 is 0 Å². The van der Waals surface area contributed by atoms with Gasteiger partial charge >= 0.3 is 0 Å². The average molecular weight is 423 g/mol. The zero-order valence-corrected chi connectivity index (χ0v) is 17.5. The van der Waals surface area contributed by atoms with Crippen LogP contribution >= 0.6 is 0 Å². The van der Waals surface area contributed by atoms with E-state index in [4.69, 9.17) is 9.47 Å². The van der Waals surface area contributed by atoms with Crippen LogP contribution in [0.3, 0.4) is 0 Å². The third-order valence-corrected chi connectivity index (χ3v) is 7.03. The van der Waals surface area contributed by atoms with Crippen molar-refractivity contribution in [2.45, 2.75) is 57.0 Å². The summed E-state index contributed by atoms with van der Waals surface area (Å²) in [6.45, 7) is 2.24. The number of nitrogens with zero attached hydrogens (tertiary/aromatic N) is 4. The Bertz CT molecular complexity index is 1160. The molecular weight excluding hydrogens is 396 g/mol. The smallest absolute Gasteiger partial charge is 0.258 e. The van der Waals surface area contributed by atoms with Crippen LogP contribution in [0.25, 0.3) is 10.9 Å². The van der Waals surface area contributed by atoms with Crippen LogP contribution in [-0.4, -0.2) is 45.1 Å². The van der Waals surface area contributed by atoms with Crippen molar-refractivity contribution in [1.82, 2.24) is 25.2 Å². The predicted molar refractivity (Wildman–Crippen MR) is 112 cm³/mol. The summed E-state index contributed by atoms with van der Waals surface area (Å²) in [6, 6.07) is 5.92. The number of quaternary nitrogens is 1. The maximum absolute atomic E-state index is 13.3. The molecule has 2 N–H and O–H groups in total. The Labute approximate surface area is 179 Å². The molecule has 9 heteroatoms. The van der Waals surface area contributed by atoms with Gasteiger partial charge in [0.25, 0.3) is 5.56 Å². The molecule has 3 aliphatic rings. The van der Waals surface area contributed by atoms with Gasteiger partial charge in [0.15, 0.2) is 17.5 Å². The number of fused-ring (bicyclic) bond motifs is 2. The van der Waals surface area contributed by atoms with Crippen molar-refractivity contribution < 1.29 is 14.4 Å². The molecule has 1 atom stereocenters. The molecule has 0 spiro atoms. The third kappa shape index (κ3) is 3.27. The molecule has 31 heavy (non-hydrogen) atoms. The summed E-state index contributed by atoms with van der Waals surface area (Å²) in [5.41, 5.74) is 1.38. The maximum atomic E-state index is 13.3. The van der Waals surface area contributed by atoms with E-state index in [-0.39, 0.29) is 18.4 Å². The highest BCUT2D eigenvalue weighted by molar-refractivity contribution is 5.83. The number of rotatable bonds is 4. The molecule has 0 radical (unpaired) electrons. The summed E-state index contributed by atoms with van der Waals surface area (Å²) in [6.07, 6.45) is 8.14. The molecule has 1 aromatic carbocycles. The number of piperidine rings is 1. The molecule has 2 fully saturated rings. The average Bonchev–Trinajstić information content (AvgIpc) is 3.55. The predicted octanol–water partition coefficient (Wildman–Crippen LogP) is 1.52. The Balaban J connectivity index is 1.49. The van der Waals surface area contributed by atoms with Gasteiger partial charge in [0.1, 0.15) is 0 Å². The van der Waals surface area contributed by atoms with Gasteiger partial charge in [-0.3, -0.25) is 4.79 Å². The molecule has 3 aromatic rings. The van der Waals surface area contributed by atoms with Crippen molar-refractivity contribution in [2.24, 2.45) is 0 Å². The fraction of sp³-hybridized carbons (Fsp3) is 0.545. The van der Waals surface area contributed by atoms with Gasteiger partial charge in [-0.25, -0.2) is 4.68 Å². The van der Waals surface area contributed by atoms with Crippen molar-refractivity contribution in [3.63, 3.8) is 0 Å². The van der Waals surface area contributed by atoms with Gasteiger partial charge in [0, 0.05) is 11.5 Å².